The number of anilines is 2. The molecule has 1 aromatic heterocycles. The molecule has 0 radical (unpaired) electrons. The highest BCUT2D eigenvalue weighted by molar-refractivity contribution is 5.90. The van der Waals surface area contributed by atoms with E-state index in [4.69, 9.17) is 0 Å². The number of benzene rings is 1. The first kappa shape index (κ1) is 19.2. The van der Waals surface area contributed by atoms with Crippen LogP contribution in [0.5, 0.6) is 0 Å². The van der Waals surface area contributed by atoms with Gasteiger partial charge in [-0.1, -0.05) is 24.3 Å². The minimum absolute atomic E-state index is 0.0567. The first-order valence-electron chi connectivity index (χ1n) is 10.2. The third kappa shape index (κ3) is 4.34. The Bertz CT molecular complexity index is 892. The second-order valence-electron chi connectivity index (χ2n) is 7.62. The zero-order valence-electron chi connectivity index (χ0n) is 16.7. The summed E-state index contributed by atoms with van der Waals surface area (Å²) in [5.74, 6) is 0.737. The van der Waals surface area contributed by atoms with Crippen molar-refractivity contribution in [1.82, 2.24) is 15.6 Å². The Labute approximate surface area is 171 Å². The molecule has 0 aliphatic carbocycles. The topological polar surface area (TPSA) is 77.6 Å². The Kier molecular flexibility index (Phi) is 5.64. The molecule has 2 amide bonds. The molecule has 0 unspecified atom stereocenters. The third-order valence-electron chi connectivity index (χ3n) is 5.67. The van der Waals surface area contributed by atoms with Crippen LogP contribution in [0.3, 0.4) is 0 Å². The Morgan fingerprint density at radius 2 is 1.90 bits per heavy atom. The number of pyridine rings is 1. The van der Waals surface area contributed by atoms with Gasteiger partial charge in [-0.3, -0.25) is 9.59 Å². The number of rotatable bonds is 5. The highest BCUT2D eigenvalue weighted by atomic mass is 16.2. The molecule has 1 atom stereocenters. The molecule has 2 aromatic rings. The van der Waals surface area contributed by atoms with Crippen molar-refractivity contribution < 1.29 is 9.59 Å². The van der Waals surface area contributed by atoms with Gasteiger partial charge in [-0.15, -0.1) is 0 Å². The van der Waals surface area contributed by atoms with Crippen LogP contribution in [0.4, 0.5) is 11.5 Å². The number of nitrogens with zero attached hydrogens (tertiary/aromatic N) is 3. The number of aromatic nitrogens is 1. The molecule has 2 aliphatic heterocycles. The molecule has 1 aromatic carbocycles. The maximum absolute atomic E-state index is 12.3. The van der Waals surface area contributed by atoms with Gasteiger partial charge in [0.25, 0.3) is 0 Å². The van der Waals surface area contributed by atoms with Crippen molar-refractivity contribution in [3.05, 3.63) is 53.7 Å². The Morgan fingerprint density at radius 3 is 2.62 bits per heavy atom. The largest absolute Gasteiger partial charge is 0.368 e. The number of nitrogens with one attached hydrogen (secondary N) is 2. The normalized spacial score (nSPS) is 19.2. The number of carbonyl (C=O) groups excluding carboxylic acids is 2. The fourth-order valence-electron chi connectivity index (χ4n) is 4.05. The van der Waals surface area contributed by atoms with Crippen LogP contribution in [0.1, 0.15) is 24.0 Å². The predicted octanol–water partition coefficient (Wildman–Crippen LogP) is 1.61. The second-order valence-corrected chi connectivity index (χ2v) is 7.62. The Hall–Kier alpha value is -3.09. The lowest BCUT2D eigenvalue weighted by atomic mass is 10.1. The van der Waals surface area contributed by atoms with Gasteiger partial charge in [0.15, 0.2) is 0 Å². The number of hydrogen-bond acceptors (Lipinski definition) is 5. The number of carbonyl (C=O) groups is 2. The Balaban J connectivity index is 1.38. The van der Waals surface area contributed by atoms with E-state index in [0.717, 1.165) is 37.6 Å². The minimum atomic E-state index is -0.416. The number of para-hydroxylation sites is 1. The molecule has 3 heterocycles. The Morgan fingerprint density at radius 1 is 1.14 bits per heavy atom. The van der Waals surface area contributed by atoms with Gasteiger partial charge in [-0.25, -0.2) is 4.98 Å². The van der Waals surface area contributed by atoms with Crippen molar-refractivity contribution in [1.29, 1.82) is 0 Å². The average Bonchev–Trinajstić information content (AvgIpc) is 3.19. The van der Waals surface area contributed by atoms with Crippen LogP contribution in [-0.4, -0.2) is 49.0 Å². The number of hydrogen-bond donors (Lipinski definition) is 2. The van der Waals surface area contributed by atoms with E-state index in [2.05, 4.69) is 56.6 Å². The highest BCUT2D eigenvalue weighted by Gasteiger charge is 2.27. The van der Waals surface area contributed by atoms with Gasteiger partial charge < -0.3 is 20.4 Å². The quantitative estimate of drug-likeness (QED) is 0.807. The lowest BCUT2D eigenvalue weighted by Crippen LogP contribution is -2.47. The van der Waals surface area contributed by atoms with Gasteiger partial charge in [-0.2, -0.15) is 0 Å². The molecule has 29 heavy (non-hydrogen) atoms. The van der Waals surface area contributed by atoms with Crippen molar-refractivity contribution in [3.8, 4) is 0 Å². The fraction of sp³-hybridized carbons (Fsp3) is 0.409. The van der Waals surface area contributed by atoms with Gasteiger partial charge in [0, 0.05) is 56.6 Å². The molecular weight excluding hydrogens is 366 g/mol. The predicted molar refractivity (Wildman–Crippen MR) is 113 cm³/mol. The van der Waals surface area contributed by atoms with Gasteiger partial charge in [-0.05, 0) is 31.0 Å². The number of piperazine rings is 1. The zero-order valence-corrected chi connectivity index (χ0v) is 16.7. The summed E-state index contributed by atoms with van der Waals surface area (Å²) in [5, 5.41) is 5.66. The van der Waals surface area contributed by atoms with Crippen LogP contribution in [0.25, 0.3) is 0 Å². The van der Waals surface area contributed by atoms with Crippen LogP contribution >= 0.6 is 0 Å². The summed E-state index contributed by atoms with van der Waals surface area (Å²) in [5.41, 5.74) is 3.58. The number of aryl methyl sites for hydroxylation is 1. The van der Waals surface area contributed by atoms with E-state index in [0.29, 0.717) is 19.4 Å². The molecule has 7 heteroatoms. The van der Waals surface area contributed by atoms with E-state index in [9.17, 15) is 9.59 Å². The maximum atomic E-state index is 12.3. The summed E-state index contributed by atoms with van der Waals surface area (Å²) in [6.45, 7) is 6.18. The smallest absolute Gasteiger partial charge is 0.242 e. The van der Waals surface area contributed by atoms with E-state index < -0.39 is 6.04 Å². The molecule has 0 saturated carbocycles. The van der Waals surface area contributed by atoms with Crippen LogP contribution in [0.2, 0.25) is 0 Å². The van der Waals surface area contributed by atoms with Gasteiger partial charge >= 0.3 is 0 Å². The van der Waals surface area contributed by atoms with Crippen LogP contribution in [0, 0.1) is 6.92 Å². The molecule has 7 nitrogen and oxygen atoms in total. The molecule has 4 rings (SSSR count). The summed E-state index contributed by atoms with van der Waals surface area (Å²) in [6, 6.07) is 12.0. The summed E-state index contributed by atoms with van der Waals surface area (Å²) >= 11 is 0. The van der Waals surface area contributed by atoms with Gasteiger partial charge in [0.05, 0.1) is 0 Å². The molecule has 2 saturated heterocycles. The van der Waals surface area contributed by atoms with Crippen molar-refractivity contribution in [2.24, 2.45) is 0 Å². The first-order chi connectivity index (χ1) is 14.1. The molecule has 152 valence electrons. The molecule has 2 N–H and O–H groups in total. The molecule has 2 fully saturated rings. The summed E-state index contributed by atoms with van der Waals surface area (Å²) in [6.07, 6.45) is 2.78. The van der Waals surface area contributed by atoms with E-state index in [-0.39, 0.29) is 11.8 Å². The van der Waals surface area contributed by atoms with Crippen molar-refractivity contribution in [2.45, 2.75) is 32.4 Å². The van der Waals surface area contributed by atoms with E-state index >= 15 is 0 Å². The summed E-state index contributed by atoms with van der Waals surface area (Å²) in [7, 11) is 0. The van der Waals surface area contributed by atoms with Crippen molar-refractivity contribution >= 4 is 23.3 Å². The van der Waals surface area contributed by atoms with E-state index in [1.807, 2.05) is 12.1 Å². The fourth-order valence-corrected chi connectivity index (χ4v) is 4.05. The molecular formula is C22H27N5O2. The second kappa shape index (κ2) is 8.51. The summed E-state index contributed by atoms with van der Waals surface area (Å²) < 4.78 is 0. The SMILES string of the molecule is Cc1ccccc1N1CCN(c2ncccc2CNC(=O)[C@@H]2CCC(=O)N2)CC1. The number of amides is 2. The van der Waals surface area contributed by atoms with Crippen LogP contribution in [-0.2, 0) is 16.1 Å². The maximum Gasteiger partial charge on any atom is 0.242 e. The zero-order chi connectivity index (χ0) is 20.2. The summed E-state index contributed by atoms with van der Waals surface area (Å²) in [4.78, 5) is 32.9. The van der Waals surface area contributed by atoms with Gasteiger partial charge in [0.1, 0.15) is 11.9 Å². The van der Waals surface area contributed by atoms with Crippen LogP contribution in [0.15, 0.2) is 42.6 Å². The van der Waals surface area contributed by atoms with E-state index in [1.54, 1.807) is 6.20 Å². The first-order valence-corrected chi connectivity index (χ1v) is 10.2. The monoisotopic (exact) mass is 393 g/mol. The van der Waals surface area contributed by atoms with E-state index in [1.165, 1.54) is 11.3 Å². The van der Waals surface area contributed by atoms with Crippen molar-refractivity contribution in [2.75, 3.05) is 36.0 Å². The lowest BCUT2D eigenvalue weighted by Gasteiger charge is -2.38. The molecule has 0 bridgehead atoms. The molecule has 0 spiro atoms. The van der Waals surface area contributed by atoms with Gasteiger partial charge in [0.2, 0.25) is 11.8 Å². The lowest BCUT2D eigenvalue weighted by molar-refractivity contribution is -0.125. The minimum Gasteiger partial charge on any atom is -0.368 e. The van der Waals surface area contributed by atoms with Crippen molar-refractivity contribution in [3.63, 3.8) is 0 Å². The van der Waals surface area contributed by atoms with Crippen LogP contribution < -0.4 is 20.4 Å². The third-order valence-corrected chi connectivity index (χ3v) is 5.67. The standard InChI is InChI=1S/C22H27N5O2/c1-16-5-2-3-7-19(16)26-11-13-27(14-12-26)21-17(6-4-10-23-21)15-24-22(29)18-8-9-20(28)25-18/h2-7,10,18H,8-9,11-15H2,1H3,(H,24,29)(H,25,28)/t18-/m0/s1. The molecule has 2 aliphatic rings. The average molecular weight is 393 g/mol. The highest BCUT2D eigenvalue weighted by Crippen LogP contribution is 2.24.